The maximum atomic E-state index is 14.4. The summed E-state index contributed by atoms with van der Waals surface area (Å²) in [5.41, 5.74) is 1.92. The second-order valence-electron chi connectivity index (χ2n) is 14.4. The lowest BCUT2D eigenvalue weighted by atomic mass is 9.67. The minimum Gasteiger partial charge on any atom is -0.460 e. The third-order valence-electron chi connectivity index (χ3n) is 10.5. The van der Waals surface area contributed by atoms with Gasteiger partial charge in [-0.05, 0) is 80.2 Å². The zero-order valence-corrected chi connectivity index (χ0v) is 27.8. The summed E-state index contributed by atoms with van der Waals surface area (Å²) in [5.74, 6) is -0.764. The highest BCUT2D eigenvalue weighted by Gasteiger charge is 2.65. The fourth-order valence-corrected chi connectivity index (χ4v) is 8.22. The van der Waals surface area contributed by atoms with Gasteiger partial charge in [0.1, 0.15) is 11.5 Å². The first-order chi connectivity index (χ1) is 20.9. The van der Waals surface area contributed by atoms with Gasteiger partial charge in [0, 0.05) is 30.6 Å². The number of aliphatic hydroxyl groups is 1. The van der Waals surface area contributed by atoms with Crippen LogP contribution >= 0.6 is 11.6 Å². The van der Waals surface area contributed by atoms with Crippen molar-refractivity contribution in [2.24, 2.45) is 22.7 Å². The van der Waals surface area contributed by atoms with Gasteiger partial charge in [0.25, 0.3) is 0 Å². The molecule has 0 aromatic heterocycles. The molecule has 5 nitrogen and oxygen atoms in total. The number of carbonyl (C=O) groups is 1. The van der Waals surface area contributed by atoms with Gasteiger partial charge in [-0.15, -0.1) is 0 Å². The van der Waals surface area contributed by atoms with Crippen molar-refractivity contribution in [1.82, 2.24) is 4.90 Å². The molecule has 0 saturated heterocycles. The Labute approximate surface area is 268 Å². The Morgan fingerprint density at radius 3 is 2.16 bits per heavy atom. The number of aliphatic hydroxyl groups excluding tert-OH is 1. The van der Waals surface area contributed by atoms with Crippen molar-refractivity contribution >= 4 is 17.6 Å². The first kappa shape index (κ1) is 32.7. The van der Waals surface area contributed by atoms with Gasteiger partial charge in [-0.25, -0.2) is 0 Å². The van der Waals surface area contributed by atoms with Gasteiger partial charge in [0.2, 0.25) is 0 Å². The van der Waals surface area contributed by atoms with Crippen LogP contribution in [0.15, 0.2) is 84.9 Å². The van der Waals surface area contributed by atoms with E-state index in [1.807, 2.05) is 88.5 Å². The van der Waals surface area contributed by atoms with Crippen LogP contribution < -0.4 is 0 Å². The lowest BCUT2D eigenvalue weighted by Gasteiger charge is -2.48. The van der Waals surface area contributed by atoms with Crippen LogP contribution in [0.4, 0.5) is 0 Å². The average molecular weight is 618 g/mol. The van der Waals surface area contributed by atoms with E-state index >= 15 is 0 Å². The van der Waals surface area contributed by atoms with Crippen LogP contribution in [0.25, 0.3) is 0 Å². The molecule has 236 valence electrons. The summed E-state index contributed by atoms with van der Waals surface area (Å²) in [4.78, 5) is 16.8. The molecule has 0 heterocycles. The van der Waals surface area contributed by atoms with Crippen LogP contribution in [0.3, 0.4) is 0 Å². The standard InChI is InChI=1S/C38H48ClNO4/c1-36(2,3)44-35(42)32(34(41)28-15-11-8-12-16-28)33(27-17-19-30(39)20-18-27)40(24-26-13-9-7-10-14-26)25-38-22-21-29(37(38,4)5)23-31(38)43-6/h7-20,29,31-34,41H,21-25H2,1-6H3/t29-,31-,32+,33-,34+,38-/m1/s1. The van der Waals surface area contributed by atoms with E-state index in [2.05, 4.69) is 43.0 Å². The smallest absolute Gasteiger partial charge is 0.314 e. The van der Waals surface area contributed by atoms with Crippen LogP contribution in [0, 0.1) is 22.7 Å². The normalized spacial score (nSPS) is 24.7. The molecule has 2 fully saturated rings. The number of hydrogen-bond donors (Lipinski definition) is 1. The quantitative estimate of drug-likeness (QED) is 0.219. The number of halogens is 1. The molecule has 5 rings (SSSR count). The fourth-order valence-electron chi connectivity index (χ4n) is 8.10. The third-order valence-corrected chi connectivity index (χ3v) is 10.7. The molecule has 3 aromatic carbocycles. The molecule has 0 unspecified atom stereocenters. The van der Waals surface area contributed by atoms with E-state index in [-0.39, 0.29) is 16.9 Å². The van der Waals surface area contributed by atoms with E-state index in [9.17, 15) is 9.90 Å². The summed E-state index contributed by atoms with van der Waals surface area (Å²) in [6.45, 7) is 11.7. The van der Waals surface area contributed by atoms with Gasteiger partial charge in [-0.3, -0.25) is 9.69 Å². The van der Waals surface area contributed by atoms with E-state index < -0.39 is 29.6 Å². The summed E-state index contributed by atoms with van der Waals surface area (Å²) in [6.07, 6.45) is 2.27. The molecule has 1 N–H and O–H groups in total. The molecule has 0 spiro atoms. The highest BCUT2D eigenvalue weighted by Crippen LogP contribution is 2.67. The maximum Gasteiger partial charge on any atom is 0.314 e. The summed E-state index contributed by atoms with van der Waals surface area (Å²) in [6, 6.07) is 27.0. The van der Waals surface area contributed by atoms with E-state index in [0.717, 1.165) is 24.0 Å². The number of nitrogens with zero attached hydrogens (tertiary/aromatic N) is 1. The Kier molecular flexibility index (Phi) is 9.63. The number of ether oxygens (including phenoxy) is 2. The second kappa shape index (κ2) is 13.0. The van der Waals surface area contributed by atoms with E-state index in [1.165, 1.54) is 6.42 Å². The Balaban J connectivity index is 1.70. The minimum absolute atomic E-state index is 0.0482. The minimum atomic E-state index is -1.10. The van der Waals surface area contributed by atoms with Gasteiger partial charge in [0.05, 0.1) is 18.2 Å². The largest absolute Gasteiger partial charge is 0.460 e. The number of esters is 1. The molecule has 2 aliphatic carbocycles. The monoisotopic (exact) mass is 617 g/mol. The second-order valence-corrected chi connectivity index (χ2v) is 14.8. The van der Waals surface area contributed by atoms with Crippen molar-refractivity contribution in [3.05, 3.63) is 107 Å². The van der Waals surface area contributed by atoms with Gasteiger partial charge in [0.15, 0.2) is 0 Å². The number of carbonyl (C=O) groups excluding carboxylic acids is 1. The maximum absolute atomic E-state index is 14.4. The van der Waals surface area contributed by atoms with E-state index in [1.54, 1.807) is 0 Å². The van der Waals surface area contributed by atoms with Crippen LogP contribution in [0.2, 0.25) is 5.02 Å². The lowest BCUT2D eigenvalue weighted by molar-refractivity contribution is -0.170. The Morgan fingerprint density at radius 2 is 1.59 bits per heavy atom. The van der Waals surface area contributed by atoms with Crippen molar-refractivity contribution in [1.29, 1.82) is 0 Å². The van der Waals surface area contributed by atoms with Crippen LogP contribution in [-0.4, -0.2) is 41.3 Å². The van der Waals surface area contributed by atoms with E-state index in [0.29, 0.717) is 29.6 Å². The summed E-state index contributed by atoms with van der Waals surface area (Å²) < 4.78 is 12.3. The molecule has 0 radical (unpaired) electrons. The SMILES string of the molecule is CO[C@@H]1C[C@H]2CC[C@]1(CN(Cc1ccccc1)[C@H](c1ccc(Cl)cc1)[C@H](C(=O)OC(C)(C)C)[C@@H](O)c1ccccc1)C2(C)C. The Hall–Kier alpha value is -2.70. The lowest BCUT2D eigenvalue weighted by Crippen LogP contribution is -2.51. The predicted octanol–water partition coefficient (Wildman–Crippen LogP) is 8.42. The zero-order valence-electron chi connectivity index (χ0n) is 27.0. The average Bonchev–Trinajstić information content (AvgIpc) is 3.35. The van der Waals surface area contributed by atoms with Crippen LogP contribution in [-0.2, 0) is 20.8 Å². The molecule has 2 bridgehead atoms. The number of methoxy groups -OCH3 is 1. The molecule has 2 saturated carbocycles. The number of benzene rings is 3. The first-order valence-corrected chi connectivity index (χ1v) is 16.3. The van der Waals surface area contributed by atoms with Gasteiger partial charge >= 0.3 is 5.97 Å². The zero-order chi connectivity index (χ0) is 31.7. The molecule has 44 heavy (non-hydrogen) atoms. The highest BCUT2D eigenvalue weighted by molar-refractivity contribution is 6.30. The molecular formula is C38H48ClNO4. The van der Waals surface area contributed by atoms with Crippen molar-refractivity contribution in [2.45, 2.75) is 84.3 Å². The van der Waals surface area contributed by atoms with Crippen molar-refractivity contribution in [2.75, 3.05) is 13.7 Å². The molecule has 6 heteroatoms. The predicted molar refractivity (Wildman–Crippen MR) is 176 cm³/mol. The Morgan fingerprint density at radius 1 is 0.977 bits per heavy atom. The molecule has 3 aromatic rings. The molecule has 0 aliphatic heterocycles. The third kappa shape index (κ3) is 6.48. The Bertz CT molecular complexity index is 1390. The first-order valence-electron chi connectivity index (χ1n) is 15.9. The summed E-state index contributed by atoms with van der Waals surface area (Å²) in [7, 11) is 1.84. The van der Waals surface area contributed by atoms with Crippen molar-refractivity contribution in [3.63, 3.8) is 0 Å². The topological polar surface area (TPSA) is 59.0 Å². The van der Waals surface area contributed by atoms with Crippen LogP contribution in [0.5, 0.6) is 0 Å². The summed E-state index contributed by atoms with van der Waals surface area (Å²) >= 11 is 6.41. The molecule has 6 atom stereocenters. The number of rotatable bonds is 11. The van der Waals surface area contributed by atoms with Gasteiger partial charge in [-0.2, -0.15) is 0 Å². The van der Waals surface area contributed by atoms with Gasteiger partial charge < -0.3 is 14.6 Å². The van der Waals surface area contributed by atoms with Gasteiger partial charge in [-0.1, -0.05) is 98.2 Å². The summed E-state index contributed by atoms with van der Waals surface area (Å²) in [5, 5.41) is 12.8. The van der Waals surface area contributed by atoms with Crippen LogP contribution in [0.1, 0.15) is 82.7 Å². The molecular weight excluding hydrogens is 570 g/mol. The van der Waals surface area contributed by atoms with Crippen molar-refractivity contribution < 1.29 is 19.4 Å². The fraction of sp³-hybridized carbons (Fsp3) is 0.500. The number of hydrogen-bond acceptors (Lipinski definition) is 5. The van der Waals surface area contributed by atoms with Crippen molar-refractivity contribution in [3.8, 4) is 0 Å². The molecule has 2 aliphatic rings. The number of fused-ring (bicyclic) bond motifs is 2. The molecule has 0 amide bonds. The van der Waals surface area contributed by atoms with E-state index in [4.69, 9.17) is 21.1 Å². The highest BCUT2D eigenvalue weighted by atomic mass is 35.5.